The maximum atomic E-state index is 12.8. The lowest BCUT2D eigenvalue weighted by Crippen LogP contribution is -2.20. The van der Waals surface area contributed by atoms with Crippen LogP contribution < -0.4 is 5.76 Å². The summed E-state index contributed by atoms with van der Waals surface area (Å²) in [5.41, 5.74) is 2.59. The average molecular weight is 357 g/mol. The monoisotopic (exact) mass is 357 g/mol. The van der Waals surface area contributed by atoms with Gasteiger partial charge >= 0.3 is 5.76 Å². The molecule has 1 aromatic carbocycles. The molecule has 0 amide bonds. The molecular formula is C18H19N3O5. The van der Waals surface area contributed by atoms with Crippen LogP contribution >= 0.6 is 0 Å². The van der Waals surface area contributed by atoms with Gasteiger partial charge in [-0.1, -0.05) is 0 Å². The van der Waals surface area contributed by atoms with E-state index in [1.807, 2.05) is 32.3 Å². The number of carbonyl (C=O) groups is 1. The number of ketones is 1. The molecule has 0 aliphatic rings. The lowest BCUT2D eigenvalue weighted by Gasteiger charge is -2.13. The van der Waals surface area contributed by atoms with Gasteiger partial charge < -0.3 is 8.98 Å². The van der Waals surface area contributed by atoms with E-state index in [0.717, 1.165) is 16.0 Å². The predicted molar refractivity (Wildman–Crippen MR) is 95.7 cm³/mol. The van der Waals surface area contributed by atoms with Gasteiger partial charge in [0.05, 0.1) is 17.0 Å². The fourth-order valence-corrected chi connectivity index (χ4v) is 3.40. The number of hydrogen-bond donors (Lipinski definition) is 0. The van der Waals surface area contributed by atoms with E-state index < -0.39 is 10.7 Å². The maximum absolute atomic E-state index is 12.8. The van der Waals surface area contributed by atoms with Crippen molar-refractivity contribution in [2.45, 2.75) is 40.3 Å². The summed E-state index contributed by atoms with van der Waals surface area (Å²) in [5, 5.41) is 11.0. The van der Waals surface area contributed by atoms with E-state index in [1.165, 1.54) is 18.2 Å². The van der Waals surface area contributed by atoms with Gasteiger partial charge in [0, 0.05) is 35.1 Å². The number of nitrogens with zero attached hydrogens (tertiary/aromatic N) is 3. The molecule has 8 nitrogen and oxygen atoms in total. The summed E-state index contributed by atoms with van der Waals surface area (Å²) in [7, 11) is 0. The Morgan fingerprint density at radius 2 is 1.96 bits per heavy atom. The van der Waals surface area contributed by atoms with Gasteiger partial charge in [-0.3, -0.25) is 19.5 Å². The van der Waals surface area contributed by atoms with Crippen molar-refractivity contribution in [3.05, 3.63) is 61.9 Å². The molecule has 3 rings (SSSR count). The van der Waals surface area contributed by atoms with Crippen molar-refractivity contribution in [2.24, 2.45) is 0 Å². The quantitative estimate of drug-likeness (QED) is 0.396. The third-order valence-electron chi connectivity index (χ3n) is 4.46. The number of non-ortho nitro benzene ring substituents is 1. The van der Waals surface area contributed by atoms with Crippen molar-refractivity contribution in [2.75, 3.05) is 0 Å². The lowest BCUT2D eigenvalue weighted by atomic mass is 10.1. The van der Waals surface area contributed by atoms with Crippen LogP contribution in [0.5, 0.6) is 0 Å². The predicted octanol–water partition coefficient (Wildman–Crippen LogP) is 3.38. The average Bonchev–Trinajstić information content (AvgIpc) is 3.03. The summed E-state index contributed by atoms with van der Waals surface area (Å²) in [6.45, 7) is 7.60. The summed E-state index contributed by atoms with van der Waals surface area (Å²) in [6, 6.07) is 5.86. The number of Topliss-reactive ketones (excluding diaryl/α,β-unsaturated/α-hetero) is 1. The summed E-state index contributed by atoms with van der Waals surface area (Å²) in [4.78, 5) is 35.3. The smallest absolute Gasteiger partial charge is 0.408 e. The van der Waals surface area contributed by atoms with E-state index >= 15 is 0 Å². The number of nitro groups is 1. The Balaban J connectivity index is 2.04. The highest BCUT2D eigenvalue weighted by molar-refractivity contribution is 5.98. The van der Waals surface area contributed by atoms with Crippen LogP contribution in [0.25, 0.3) is 11.1 Å². The molecule has 0 radical (unpaired) electrons. The Morgan fingerprint density at radius 3 is 2.54 bits per heavy atom. The molecule has 0 atom stereocenters. The van der Waals surface area contributed by atoms with E-state index in [2.05, 4.69) is 0 Å². The van der Waals surface area contributed by atoms with Gasteiger partial charge in [-0.15, -0.1) is 0 Å². The molecule has 26 heavy (non-hydrogen) atoms. The highest BCUT2D eigenvalue weighted by atomic mass is 16.6. The number of aryl methyl sites for hydroxylation is 1. The van der Waals surface area contributed by atoms with Crippen LogP contribution in [0.15, 0.2) is 33.5 Å². The summed E-state index contributed by atoms with van der Waals surface area (Å²) < 4.78 is 8.28. The zero-order chi connectivity index (χ0) is 19.2. The highest BCUT2D eigenvalue weighted by Gasteiger charge is 2.21. The van der Waals surface area contributed by atoms with Crippen LogP contribution in [0.3, 0.4) is 0 Å². The Labute approximate surface area is 148 Å². The first kappa shape index (κ1) is 17.7. The summed E-state index contributed by atoms with van der Waals surface area (Å²) in [6.07, 6.45) is 0. The number of hydrogen-bond acceptors (Lipinski definition) is 5. The molecule has 0 aliphatic heterocycles. The van der Waals surface area contributed by atoms with E-state index in [1.54, 1.807) is 6.07 Å². The van der Waals surface area contributed by atoms with Crippen LogP contribution in [-0.2, 0) is 6.54 Å². The topological polar surface area (TPSA) is 100 Å². The molecule has 0 saturated heterocycles. The number of nitro benzene ring substituents is 1. The molecule has 8 heteroatoms. The largest absolute Gasteiger partial charge is 0.420 e. The minimum absolute atomic E-state index is 0.169. The fourth-order valence-electron chi connectivity index (χ4n) is 3.40. The summed E-state index contributed by atoms with van der Waals surface area (Å²) >= 11 is 0. The number of oxazole rings is 1. The van der Waals surface area contributed by atoms with Crippen molar-refractivity contribution in [1.82, 2.24) is 9.13 Å². The third-order valence-corrected chi connectivity index (χ3v) is 4.46. The fraction of sp³-hybridized carbons (Fsp3) is 0.333. The first-order valence-electron chi connectivity index (χ1n) is 8.20. The molecule has 0 aliphatic carbocycles. The number of carbonyl (C=O) groups excluding carboxylic acids is 1. The number of rotatable bonds is 5. The molecule has 0 unspecified atom stereocenters. The molecule has 0 fully saturated rings. The van der Waals surface area contributed by atoms with Gasteiger partial charge in [0.2, 0.25) is 0 Å². The minimum Gasteiger partial charge on any atom is -0.408 e. The number of benzene rings is 1. The summed E-state index contributed by atoms with van der Waals surface area (Å²) in [5.74, 6) is -0.965. The van der Waals surface area contributed by atoms with Crippen LogP contribution in [0.2, 0.25) is 0 Å². The Morgan fingerprint density at radius 1 is 1.27 bits per heavy atom. The van der Waals surface area contributed by atoms with Crippen LogP contribution in [0, 0.1) is 24.0 Å². The molecule has 3 aromatic rings. The van der Waals surface area contributed by atoms with E-state index in [-0.39, 0.29) is 35.2 Å². The Hall–Kier alpha value is -3.16. The van der Waals surface area contributed by atoms with Crippen molar-refractivity contribution in [3.63, 3.8) is 0 Å². The van der Waals surface area contributed by atoms with Gasteiger partial charge in [0.25, 0.3) is 5.69 Å². The number of fused-ring (bicyclic) bond motifs is 1. The van der Waals surface area contributed by atoms with Gasteiger partial charge in [0.1, 0.15) is 0 Å². The van der Waals surface area contributed by atoms with Crippen LogP contribution in [0.4, 0.5) is 5.69 Å². The number of aromatic nitrogens is 2. The van der Waals surface area contributed by atoms with Crippen LogP contribution in [0.1, 0.15) is 41.6 Å². The Bertz CT molecular complexity index is 1080. The van der Waals surface area contributed by atoms with Crippen molar-refractivity contribution >= 4 is 22.6 Å². The van der Waals surface area contributed by atoms with Crippen molar-refractivity contribution < 1.29 is 14.1 Å². The first-order chi connectivity index (χ1) is 12.2. The molecule has 2 heterocycles. The molecular weight excluding hydrogens is 338 g/mol. The zero-order valence-corrected chi connectivity index (χ0v) is 15.0. The lowest BCUT2D eigenvalue weighted by molar-refractivity contribution is -0.384. The molecule has 0 bridgehead atoms. The second kappa shape index (κ2) is 6.29. The van der Waals surface area contributed by atoms with Gasteiger partial charge in [-0.25, -0.2) is 4.79 Å². The van der Waals surface area contributed by atoms with E-state index in [4.69, 9.17) is 4.42 Å². The maximum Gasteiger partial charge on any atom is 0.420 e. The van der Waals surface area contributed by atoms with E-state index in [9.17, 15) is 19.7 Å². The SMILES string of the molecule is Cc1cc(C(=O)Cn2c(=O)oc3ccc([N+](=O)[O-])cc32)c(C)n1C(C)C. The normalized spacial score (nSPS) is 11.4. The second-order valence-corrected chi connectivity index (χ2v) is 6.53. The van der Waals surface area contributed by atoms with Crippen molar-refractivity contribution in [1.29, 1.82) is 0 Å². The van der Waals surface area contributed by atoms with Crippen LogP contribution in [-0.4, -0.2) is 19.8 Å². The first-order valence-corrected chi connectivity index (χ1v) is 8.20. The molecule has 0 N–H and O–H groups in total. The van der Waals surface area contributed by atoms with Crippen molar-refractivity contribution in [3.8, 4) is 0 Å². The molecule has 136 valence electrons. The molecule has 2 aromatic heterocycles. The standard InChI is InChI=1S/C18H19N3O5/c1-10(2)20-11(3)7-14(12(20)4)16(22)9-19-15-8-13(21(24)25)5-6-17(15)26-18(19)23/h5-8,10H,9H2,1-4H3. The van der Waals surface area contributed by atoms with Gasteiger partial charge in [-0.2, -0.15) is 0 Å². The molecule has 0 saturated carbocycles. The Kier molecular flexibility index (Phi) is 4.27. The van der Waals surface area contributed by atoms with Gasteiger partial charge in [0.15, 0.2) is 11.4 Å². The third kappa shape index (κ3) is 2.83. The van der Waals surface area contributed by atoms with Gasteiger partial charge in [-0.05, 0) is 39.8 Å². The minimum atomic E-state index is -0.716. The molecule has 0 spiro atoms. The zero-order valence-electron chi connectivity index (χ0n) is 15.0. The van der Waals surface area contributed by atoms with E-state index in [0.29, 0.717) is 5.56 Å². The highest BCUT2D eigenvalue weighted by Crippen LogP contribution is 2.23. The second-order valence-electron chi connectivity index (χ2n) is 6.53.